The van der Waals surface area contributed by atoms with E-state index < -0.39 is 0 Å². The van der Waals surface area contributed by atoms with Crippen LogP contribution in [-0.4, -0.2) is 16.9 Å². The lowest BCUT2D eigenvalue weighted by atomic mass is 10.1. The second kappa shape index (κ2) is 3.21. The number of rotatable bonds is 1. The molecule has 0 spiro atoms. The lowest BCUT2D eigenvalue weighted by Crippen LogP contribution is -2.15. The molecular weight excluding hydrogens is 160 g/mol. The van der Waals surface area contributed by atoms with Crippen molar-refractivity contribution in [2.45, 2.75) is 18.9 Å². The highest BCUT2D eigenvalue weighted by Crippen LogP contribution is 2.35. The van der Waals surface area contributed by atoms with Gasteiger partial charge in [0.15, 0.2) is 0 Å². The topological polar surface area (TPSA) is 16.1 Å². The molecular formula is C11H14N2. The van der Waals surface area contributed by atoms with E-state index in [9.17, 15) is 0 Å². The number of allylic oxidation sites excluding steroid dienone is 1. The molecule has 0 amide bonds. The normalized spacial score (nSPS) is 22.4. The van der Waals surface area contributed by atoms with Crippen molar-refractivity contribution in [1.82, 2.24) is 9.88 Å². The highest BCUT2D eigenvalue weighted by molar-refractivity contribution is 5.19. The molecule has 0 bridgehead atoms. The molecule has 1 aliphatic rings. The van der Waals surface area contributed by atoms with E-state index in [1.54, 1.807) is 0 Å². The molecule has 2 heteroatoms. The van der Waals surface area contributed by atoms with Gasteiger partial charge < -0.3 is 4.90 Å². The summed E-state index contributed by atoms with van der Waals surface area (Å²) >= 11 is 0. The van der Waals surface area contributed by atoms with Crippen LogP contribution in [0.1, 0.15) is 24.4 Å². The van der Waals surface area contributed by atoms with Gasteiger partial charge in [0.05, 0.1) is 6.04 Å². The second-order valence-corrected chi connectivity index (χ2v) is 3.52. The van der Waals surface area contributed by atoms with Crippen LogP contribution >= 0.6 is 0 Å². The summed E-state index contributed by atoms with van der Waals surface area (Å²) in [6.07, 6.45) is 6.03. The number of nitrogens with zero attached hydrogens (tertiary/aromatic N) is 2. The van der Waals surface area contributed by atoms with Crippen LogP contribution in [-0.2, 0) is 0 Å². The molecule has 1 aliphatic heterocycles. The fraction of sp³-hybridized carbons (Fsp3) is 0.364. The van der Waals surface area contributed by atoms with Crippen LogP contribution in [0.2, 0.25) is 0 Å². The smallest absolute Gasteiger partial charge is 0.0554 e. The molecule has 0 N–H and O–H groups in total. The van der Waals surface area contributed by atoms with Crippen molar-refractivity contribution < 1.29 is 0 Å². The number of aromatic nitrogens is 1. The summed E-state index contributed by atoms with van der Waals surface area (Å²) in [7, 11) is 2.10. The van der Waals surface area contributed by atoms with Crippen molar-refractivity contribution in [3.05, 3.63) is 42.4 Å². The SMILES string of the molecule is C=C1CC[C@@H](c2cccnc2)N1C. The zero-order valence-electron chi connectivity index (χ0n) is 7.90. The van der Waals surface area contributed by atoms with Crippen molar-refractivity contribution >= 4 is 0 Å². The molecule has 1 aromatic heterocycles. The Hall–Kier alpha value is -1.31. The summed E-state index contributed by atoms with van der Waals surface area (Å²) in [4.78, 5) is 6.38. The average molecular weight is 174 g/mol. The lowest BCUT2D eigenvalue weighted by molar-refractivity contribution is 0.361. The Kier molecular flexibility index (Phi) is 2.05. The summed E-state index contributed by atoms with van der Waals surface area (Å²) in [5.41, 5.74) is 2.53. The first kappa shape index (κ1) is 8.30. The lowest BCUT2D eigenvalue weighted by Gasteiger charge is -2.22. The third-order valence-electron chi connectivity index (χ3n) is 2.74. The Morgan fingerprint density at radius 3 is 3.00 bits per heavy atom. The molecule has 0 aliphatic carbocycles. The summed E-state index contributed by atoms with van der Waals surface area (Å²) < 4.78 is 0. The van der Waals surface area contributed by atoms with E-state index in [1.807, 2.05) is 18.5 Å². The Morgan fingerprint density at radius 2 is 2.46 bits per heavy atom. The number of pyridine rings is 1. The molecule has 1 saturated heterocycles. The average Bonchev–Trinajstić information content (AvgIpc) is 2.49. The zero-order chi connectivity index (χ0) is 9.26. The highest BCUT2D eigenvalue weighted by atomic mass is 15.2. The molecule has 1 fully saturated rings. The van der Waals surface area contributed by atoms with Crippen LogP contribution in [0, 0.1) is 0 Å². The van der Waals surface area contributed by atoms with Gasteiger partial charge in [0.1, 0.15) is 0 Å². The van der Waals surface area contributed by atoms with Gasteiger partial charge in [-0.1, -0.05) is 12.6 Å². The predicted octanol–water partition coefficient (Wildman–Crippen LogP) is 2.36. The molecule has 0 aromatic carbocycles. The van der Waals surface area contributed by atoms with Gasteiger partial charge in [-0.05, 0) is 24.5 Å². The van der Waals surface area contributed by atoms with Gasteiger partial charge in [0, 0.05) is 25.1 Å². The fourth-order valence-corrected chi connectivity index (χ4v) is 1.86. The maximum Gasteiger partial charge on any atom is 0.0554 e. The van der Waals surface area contributed by atoms with Crippen molar-refractivity contribution in [2.75, 3.05) is 7.05 Å². The Morgan fingerprint density at radius 1 is 1.62 bits per heavy atom. The van der Waals surface area contributed by atoms with Crippen molar-refractivity contribution in [3.8, 4) is 0 Å². The standard InChI is InChI=1S/C11H14N2/c1-9-5-6-11(13(9)2)10-4-3-7-12-8-10/h3-4,7-8,11H,1,5-6H2,2H3/t11-/m0/s1. The summed E-state index contributed by atoms with van der Waals surface area (Å²) in [5, 5.41) is 0. The van der Waals surface area contributed by atoms with Crippen molar-refractivity contribution in [2.24, 2.45) is 0 Å². The van der Waals surface area contributed by atoms with E-state index in [0.29, 0.717) is 6.04 Å². The molecule has 13 heavy (non-hydrogen) atoms. The van der Waals surface area contributed by atoms with Gasteiger partial charge in [-0.25, -0.2) is 0 Å². The molecule has 2 heterocycles. The first-order valence-electron chi connectivity index (χ1n) is 4.59. The molecule has 1 aromatic rings. The van der Waals surface area contributed by atoms with Gasteiger partial charge in [-0.3, -0.25) is 4.98 Å². The van der Waals surface area contributed by atoms with Gasteiger partial charge >= 0.3 is 0 Å². The molecule has 0 radical (unpaired) electrons. The quantitative estimate of drug-likeness (QED) is 0.649. The van der Waals surface area contributed by atoms with Gasteiger partial charge in [0.25, 0.3) is 0 Å². The molecule has 0 saturated carbocycles. The maximum atomic E-state index is 4.13. The van der Waals surface area contributed by atoms with Gasteiger partial charge in [-0.2, -0.15) is 0 Å². The van der Waals surface area contributed by atoms with Crippen molar-refractivity contribution in [3.63, 3.8) is 0 Å². The van der Waals surface area contributed by atoms with Gasteiger partial charge in [0.2, 0.25) is 0 Å². The van der Waals surface area contributed by atoms with E-state index in [-0.39, 0.29) is 0 Å². The molecule has 68 valence electrons. The second-order valence-electron chi connectivity index (χ2n) is 3.52. The number of hydrogen-bond donors (Lipinski definition) is 0. The minimum atomic E-state index is 0.487. The van der Waals surface area contributed by atoms with Gasteiger partial charge in [-0.15, -0.1) is 0 Å². The Bertz CT molecular complexity index is 305. The van der Waals surface area contributed by atoms with Crippen LogP contribution in [0.3, 0.4) is 0 Å². The van der Waals surface area contributed by atoms with Crippen molar-refractivity contribution in [1.29, 1.82) is 0 Å². The van der Waals surface area contributed by atoms with E-state index in [1.165, 1.54) is 17.7 Å². The maximum absolute atomic E-state index is 4.13. The molecule has 2 nitrogen and oxygen atoms in total. The third-order valence-corrected chi connectivity index (χ3v) is 2.74. The summed E-state index contributed by atoms with van der Waals surface area (Å²) in [6, 6.07) is 4.61. The van der Waals surface area contributed by atoms with Crippen LogP contribution in [0.25, 0.3) is 0 Å². The van der Waals surface area contributed by atoms with E-state index in [2.05, 4.69) is 29.6 Å². The van der Waals surface area contributed by atoms with Crippen LogP contribution in [0.4, 0.5) is 0 Å². The third kappa shape index (κ3) is 1.44. The minimum absolute atomic E-state index is 0.487. The van der Waals surface area contributed by atoms with E-state index in [0.717, 1.165) is 6.42 Å². The number of hydrogen-bond acceptors (Lipinski definition) is 2. The first-order chi connectivity index (χ1) is 6.29. The Balaban J connectivity index is 2.24. The molecule has 1 atom stereocenters. The summed E-state index contributed by atoms with van der Waals surface area (Å²) in [5.74, 6) is 0. The predicted molar refractivity (Wildman–Crippen MR) is 53.1 cm³/mol. The monoisotopic (exact) mass is 174 g/mol. The highest BCUT2D eigenvalue weighted by Gasteiger charge is 2.24. The van der Waals surface area contributed by atoms with Crippen LogP contribution < -0.4 is 0 Å². The zero-order valence-corrected chi connectivity index (χ0v) is 7.90. The minimum Gasteiger partial charge on any atom is -0.371 e. The molecule has 2 rings (SSSR count). The largest absolute Gasteiger partial charge is 0.371 e. The Labute approximate surface area is 78.9 Å². The van der Waals surface area contributed by atoms with E-state index >= 15 is 0 Å². The number of likely N-dealkylation sites (tertiary alicyclic amines) is 1. The first-order valence-corrected chi connectivity index (χ1v) is 4.59. The van der Waals surface area contributed by atoms with Crippen LogP contribution in [0.15, 0.2) is 36.8 Å². The molecule has 0 unspecified atom stereocenters. The fourth-order valence-electron chi connectivity index (χ4n) is 1.86. The van der Waals surface area contributed by atoms with Crippen LogP contribution in [0.5, 0.6) is 0 Å². The van der Waals surface area contributed by atoms with E-state index in [4.69, 9.17) is 0 Å². The summed E-state index contributed by atoms with van der Waals surface area (Å²) in [6.45, 7) is 4.02.